The highest BCUT2D eigenvalue weighted by Gasteiger charge is 2.25. The van der Waals surface area contributed by atoms with Gasteiger partial charge in [-0.2, -0.15) is 0 Å². The minimum atomic E-state index is -0.576. The van der Waals surface area contributed by atoms with Crippen molar-refractivity contribution in [2.45, 2.75) is 38.3 Å². The molecule has 2 aromatic carbocycles. The van der Waals surface area contributed by atoms with Crippen molar-refractivity contribution in [3.8, 4) is 0 Å². The summed E-state index contributed by atoms with van der Waals surface area (Å²) < 4.78 is 27.7. The van der Waals surface area contributed by atoms with Crippen LogP contribution in [0.25, 0.3) is 0 Å². The van der Waals surface area contributed by atoms with Crippen molar-refractivity contribution in [3.05, 3.63) is 58.6 Å². The lowest BCUT2D eigenvalue weighted by Crippen LogP contribution is -2.37. The average molecular weight is 395 g/mol. The van der Waals surface area contributed by atoms with Crippen molar-refractivity contribution < 1.29 is 18.7 Å². The van der Waals surface area contributed by atoms with E-state index in [0.29, 0.717) is 18.7 Å². The molecule has 1 saturated heterocycles. The van der Waals surface area contributed by atoms with Gasteiger partial charge in [-0.3, -0.25) is 4.79 Å². The smallest absolute Gasteiger partial charge is 0.255 e. The zero-order valence-electron chi connectivity index (χ0n) is 14.9. The fourth-order valence-corrected chi connectivity index (χ4v) is 3.47. The maximum Gasteiger partial charge on any atom is 0.255 e. The number of nitrogens with one attached hydrogen (secondary N) is 1. The van der Waals surface area contributed by atoms with Gasteiger partial charge in [0.15, 0.2) is 0 Å². The second kappa shape index (κ2) is 8.23. The molecule has 2 atom stereocenters. The van der Waals surface area contributed by atoms with Gasteiger partial charge in [-0.25, -0.2) is 8.78 Å². The van der Waals surface area contributed by atoms with Crippen molar-refractivity contribution in [2.24, 2.45) is 0 Å². The van der Waals surface area contributed by atoms with E-state index in [-0.39, 0.29) is 22.3 Å². The molecule has 2 aromatic rings. The summed E-state index contributed by atoms with van der Waals surface area (Å²) >= 11 is 5.73. The van der Waals surface area contributed by atoms with Gasteiger partial charge in [0.25, 0.3) is 5.91 Å². The number of anilines is 2. The van der Waals surface area contributed by atoms with Crippen molar-refractivity contribution in [2.75, 3.05) is 16.8 Å². The van der Waals surface area contributed by atoms with E-state index in [1.54, 1.807) is 4.90 Å². The van der Waals surface area contributed by atoms with E-state index in [4.69, 9.17) is 11.6 Å². The van der Waals surface area contributed by atoms with E-state index in [1.165, 1.54) is 30.3 Å². The maximum absolute atomic E-state index is 14.5. The number of β-amino-alcohol motifs (C(OH)–C–C–N with tert-alkyl or cyclic N) is 1. The molecule has 0 radical (unpaired) electrons. The van der Waals surface area contributed by atoms with E-state index in [2.05, 4.69) is 5.32 Å². The number of carbonyl (C=O) groups excluding carboxylic acids is 1. The highest BCUT2D eigenvalue weighted by molar-refractivity contribution is 6.31. The Morgan fingerprint density at radius 1 is 1.19 bits per heavy atom. The molecule has 1 heterocycles. The first kappa shape index (κ1) is 19.6. The summed E-state index contributed by atoms with van der Waals surface area (Å²) in [5, 5.41) is 12.6. The molecule has 7 heteroatoms. The van der Waals surface area contributed by atoms with Crippen LogP contribution >= 0.6 is 11.6 Å². The molecule has 1 aliphatic rings. The van der Waals surface area contributed by atoms with Crippen LogP contribution < -0.4 is 10.2 Å². The standard InChI is InChI=1S/C20H21ClF2N2O2/c1-12-3-2-4-15(26)11-25(12)19-9-13(5-7-18(19)23)20(27)24-14-6-8-17(22)16(21)10-14/h5-10,12,15,26H,2-4,11H2,1H3,(H,24,27). The number of halogens is 3. The number of rotatable bonds is 3. The van der Waals surface area contributed by atoms with E-state index in [9.17, 15) is 18.7 Å². The van der Waals surface area contributed by atoms with Gasteiger partial charge in [0.05, 0.1) is 16.8 Å². The Labute approximate surface area is 161 Å². The lowest BCUT2D eigenvalue weighted by Gasteiger charge is -2.31. The number of aliphatic hydroxyl groups is 1. The Morgan fingerprint density at radius 3 is 2.67 bits per heavy atom. The summed E-state index contributed by atoms with van der Waals surface area (Å²) in [5.74, 6) is -1.48. The molecule has 144 valence electrons. The molecule has 0 saturated carbocycles. The molecule has 2 unspecified atom stereocenters. The average Bonchev–Trinajstić information content (AvgIpc) is 2.79. The highest BCUT2D eigenvalue weighted by atomic mass is 35.5. The fourth-order valence-electron chi connectivity index (χ4n) is 3.29. The predicted octanol–water partition coefficient (Wildman–Crippen LogP) is 4.61. The van der Waals surface area contributed by atoms with Crippen LogP contribution in [0.4, 0.5) is 20.2 Å². The predicted molar refractivity (Wildman–Crippen MR) is 102 cm³/mol. The maximum atomic E-state index is 14.5. The molecule has 1 amide bonds. The van der Waals surface area contributed by atoms with Crippen LogP contribution in [0.15, 0.2) is 36.4 Å². The van der Waals surface area contributed by atoms with Gasteiger partial charge < -0.3 is 15.3 Å². The molecular weight excluding hydrogens is 374 g/mol. The first-order chi connectivity index (χ1) is 12.8. The number of hydrogen-bond acceptors (Lipinski definition) is 3. The molecule has 2 N–H and O–H groups in total. The summed E-state index contributed by atoms with van der Waals surface area (Å²) in [5.41, 5.74) is 0.891. The van der Waals surface area contributed by atoms with Gasteiger partial charge in [-0.1, -0.05) is 11.6 Å². The molecule has 4 nitrogen and oxygen atoms in total. The molecule has 0 aliphatic carbocycles. The van der Waals surface area contributed by atoms with Crippen LogP contribution in [0.5, 0.6) is 0 Å². The summed E-state index contributed by atoms with van der Waals surface area (Å²) in [7, 11) is 0. The van der Waals surface area contributed by atoms with Crippen molar-refractivity contribution in [1.82, 2.24) is 0 Å². The lowest BCUT2D eigenvalue weighted by atomic mass is 10.1. The summed E-state index contributed by atoms with van der Waals surface area (Å²) in [4.78, 5) is 14.3. The van der Waals surface area contributed by atoms with E-state index in [1.807, 2.05) is 6.92 Å². The van der Waals surface area contributed by atoms with Gasteiger partial charge in [-0.05, 0) is 62.6 Å². The van der Waals surface area contributed by atoms with Crippen molar-refractivity contribution in [1.29, 1.82) is 0 Å². The van der Waals surface area contributed by atoms with Gasteiger partial charge in [-0.15, -0.1) is 0 Å². The first-order valence-electron chi connectivity index (χ1n) is 8.86. The van der Waals surface area contributed by atoms with Gasteiger partial charge >= 0.3 is 0 Å². The SMILES string of the molecule is CC1CCCC(O)CN1c1cc(C(=O)Nc2ccc(F)c(Cl)c2)ccc1F. The summed E-state index contributed by atoms with van der Waals surface area (Å²) in [6, 6.07) is 8.03. The zero-order valence-corrected chi connectivity index (χ0v) is 15.6. The number of amides is 1. The highest BCUT2D eigenvalue weighted by Crippen LogP contribution is 2.28. The number of aliphatic hydroxyl groups excluding tert-OH is 1. The minimum absolute atomic E-state index is 0.0471. The summed E-state index contributed by atoms with van der Waals surface area (Å²) in [6.07, 6.45) is 1.84. The third-order valence-electron chi connectivity index (χ3n) is 4.79. The van der Waals surface area contributed by atoms with Gasteiger partial charge in [0.1, 0.15) is 11.6 Å². The van der Waals surface area contributed by atoms with Crippen molar-refractivity contribution in [3.63, 3.8) is 0 Å². The molecule has 1 fully saturated rings. The summed E-state index contributed by atoms with van der Waals surface area (Å²) in [6.45, 7) is 2.29. The van der Waals surface area contributed by atoms with Crippen LogP contribution in [0.2, 0.25) is 5.02 Å². The van der Waals surface area contributed by atoms with Crippen LogP contribution in [0.3, 0.4) is 0 Å². The molecule has 0 spiro atoms. The van der Waals surface area contributed by atoms with Crippen LogP contribution in [-0.4, -0.2) is 29.7 Å². The quantitative estimate of drug-likeness (QED) is 0.799. The second-order valence-corrected chi connectivity index (χ2v) is 7.24. The van der Waals surface area contributed by atoms with Gasteiger partial charge in [0.2, 0.25) is 0 Å². The van der Waals surface area contributed by atoms with E-state index in [0.717, 1.165) is 18.9 Å². The van der Waals surface area contributed by atoms with E-state index >= 15 is 0 Å². The van der Waals surface area contributed by atoms with Crippen molar-refractivity contribution >= 4 is 28.9 Å². The third-order valence-corrected chi connectivity index (χ3v) is 5.08. The Balaban J connectivity index is 1.85. The molecule has 27 heavy (non-hydrogen) atoms. The Bertz CT molecular complexity index is 847. The molecular formula is C20H21ClF2N2O2. The fraction of sp³-hybridized carbons (Fsp3) is 0.350. The number of benzene rings is 2. The molecule has 0 aromatic heterocycles. The normalized spacial score (nSPS) is 20.3. The number of carbonyl (C=O) groups is 1. The Hall–Kier alpha value is -2.18. The largest absolute Gasteiger partial charge is 0.391 e. The molecule has 0 bridgehead atoms. The lowest BCUT2D eigenvalue weighted by molar-refractivity contribution is 0.102. The first-order valence-corrected chi connectivity index (χ1v) is 9.23. The number of nitrogens with zero attached hydrogens (tertiary/aromatic N) is 1. The van der Waals surface area contributed by atoms with Crippen LogP contribution in [-0.2, 0) is 0 Å². The third kappa shape index (κ3) is 4.57. The minimum Gasteiger partial charge on any atom is -0.391 e. The number of hydrogen-bond donors (Lipinski definition) is 2. The monoisotopic (exact) mass is 394 g/mol. The van der Waals surface area contributed by atoms with Gasteiger partial charge in [0, 0.05) is 23.8 Å². The van der Waals surface area contributed by atoms with Crippen LogP contribution in [0, 0.1) is 11.6 Å². The Kier molecular flexibility index (Phi) is 5.97. The van der Waals surface area contributed by atoms with Crippen LogP contribution in [0.1, 0.15) is 36.5 Å². The topological polar surface area (TPSA) is 52.6 Å². The molecule has 1 aliphatic heterocycles. The van der Waals surface area contributed by atoms with E-state index < -0.39 is 23.6 Å². The molecule has 3 rings (SSSR count). The second-order valence-electron chi connectivity index (χ2n) is 6.84. The Morgan fingerprint density at radius 2 is 1.93 bits per heavy atom. The zero-order chi connectivity index (χ0) is 19.6.